The zero-order valence-corrected chi connectivity index (χ0v) is 22.2. The SMILES string of the molecule is O=S(=O)(O)c1ccc(C2=Cc3cc4ccc(cc5ccc(cc6nc(cc2n3)C=C6)[nH]5)[nH]4)cc1.[Zn]. The number of rotatable bonds is 2. The van der Waals surface area contributed by atoms with Crippen LogP contribution in [0.25, 0.3) is 45.9 Å². The van der Waals surface area contributed by atoms with Crippen LogP contribution in [0.4, 0.5) is 0 Å². The smallest absolute Gasteiger partial charge is 0.294 e. The van der Waals surface area contributed by atoms with E-state index in [0.717, 1.165) is 50.3 Å². The van der Waals surface area contributed by atoms with Crippen molar-refractivity contribution < 1.29 is 32.4 Å². The summed E-state index contributed by atoms with van der Waals surface area (Å²) in [6, 6.07) is 22.0. The first-order valence-electron chi connectivity index (χ1n) is 10.6. The molecule has 0 saturated carbocycles. The monoisotopic (exact) mass is 530 g/mol. The van der Waals surface area contributed by atoms with Gasteiger partial charge in [0.15, 0.2) is 0 Å². The molecule has 0 radical (unpaired) electrons. The predicted molar refractivity (Wildman–Crippen MR) is 133 cm³/mol. The van der Waals surface area contributed by atoms with Crippen LogP contribution in [-0.4, -0.2) is 32.9 Å². The molecule has 8 bridgehead atoms. The molecule has 0 saturated heterocycles. The molecule has 7 nitrogen and oxygen atoms in total. The second kappa shape index (κ2) is 8.85. The van der Waals surface area contributed by atoms with Gasteiger partial charge in [0.05, 0.1) is 27.7 Å². The van der Waals surface area contributed by atoms with Crippen molar-refractivity contribution >= 4 is 56.0 Å². The molecule has 2 aliphatic heterocycles. The molecular weight excluding hydrogens is 514 g/mol. The Kier molecular flexibility index (Phi) is 5.85. The van der Waals surface area contributed by atoms with Gasteiger partial charge in [-0.25, -0.2) is 9.97 Å². The second-order valence-electron chi connectivity index (χ2n) is 8.09. The molecule has 5 heterocycles. The number of nitrogens with one attached hydrogen (secondary N) is 2. The van der Waals surface area contributed by atoms with Gasteiger partial charge in [-0.1, -0.05) is 12.1 Å². The van der Waals surface area contributed by atoms with Crippen molar-refractivity contribution in [2.45, 2.75) is 4.90 Å². The fourth-order valence-electron chi connectivity index (χ4n) is 4.05. The first-order chi connectivity index (χ1) is 16.4. The minimum Gasteiger partial charge on any atom is -0.355 e. The number of aromatic amines is 2. The number of hydrogen-bond acceptors (Lipinski definition) is 4. The van der Waals surface area contributed by atoms with E-state index in [2.05, 4.69) is 15.0 Å². The minimum absolute atomic E-state index is 0. The molecule has 0 fully saturated rings. The van der Waals surface area contributed by atoms with Crippen molar-refractivity contribution in [2.24, 2.45) is 0 Å². The first kappa shape index (κ1) is 23.1. The summed E-state index contributed by atoms with van der Waals surface area (Å²) >= 11 is 0. The summed E-state index contributed by atoms with van der Waals surface area (Å²) in [4.78, 5) is 16.1. The van der Waals surface area contributed by atoms with Gasteiger partial charge in [-0.3, -0.25) is 4.55 Å². The maximum absolute atomic E-state index is 11.4. The number of benzene rings is 1. The van der Waals surface area contributed by atoms with Crippen LogP contribution in [0.2, 0.25) is 0 Å². The van der Waals surface area contributed by atoms with Gasteiger partial charge in [0.25, 0.3) is 10.1 Å². The van der Waals surface area contributed by atoms with Crippen LogP contribution in [-0.2, 0) is 29.6 Å². The van der Waals surface area contributed by atoms with Gasteiger partial charge < -0.3 is 9.97 Å². The number of aromatic nitrogens is 4. The normalized spacial score (nSPS) is 12.8. The van der Waals surface area contributed by atoms with Gasteiger partial charge in [0.2, 0.25) is 0 Å². The van der Waals surface area contributed by atoms with Crippen molar-refractivity contribution in [1.82, 2.24) is 19.9 Å². The van der Waals surface area contributed by atoms with Gasteiger partial charge >= 0.3 is 0 Å². The first-order valence-corrected chi connectivity index (χ1v) is 12.0. The Bertz CT molecular complexity index is 1780. The van der Waals surface area contributed by atoms with Crippen LogP contribution >= 0.6 is 0 Å². The van der Waals surface area contributed by atoms with E-state index in [1.807, 2.05) is 66.8 Å². The third-order valence-corrected chi connectivity index (χ3v) is 6.50. The molecule has 4 aromatic rings. The molecule has 0 atom stereocenters. The number of fused-ring (bicyclic) bond motifs is 8. The standard InChI is InChI=1S/C26H18N4O3S.Zn/c31-34(32,33)24-9-1-16(2-10-24)25-14-23-13-21-6-5-19(28-21)11-17-3-4-18(27-17)12-20-7-8-22(29-20)15-26(25)30-23;/h1-15,27-28H,(H,31,32,33);. The van der Waals surface area contributed by atoms with E-state index < -0.39 is 10.1 Å². The Morgan fingerprint density at radius 2 is 1.20 bits per heavy atom. The zero-order valence-electron chi connectivity index (χ0n) is 18.4. The molecule has 2 aliphatic rings. The fraction of sp³-hybridized carbons (Fsp3) is 0. The third kappa shape index (κ3) is 4.79. The van der Waals surface area contributed by atoms with E-state index in [1.165, 1.54) is 12.1 Å². The largest absolute Gasteiger partial charge is 0.355 e. The summed E-state index contributed by atoms with van der Waals surface area (Å²) in [7, 11) is -4.26. The third-order valence-electron chi connectivity index (χ3n) is 5.63. The van der Waals surface area contributed by atoms with Crippen LogP contribution in [0.3, 0.4) is 0 Å². The molecule has 0 amide bonds. The van der Waals surface area contributed by atoms with E-state index in [1.54, 1.807) is 12.1 Å². The zero-order chi connectivity index (χ0) is 23.3. The summed E-state index contributed by atoms with van der Waals surface area (Å²) in [5.41, 5.74) is 8.46. The molecule has 168 valence electrons. The number of H-pyrrole nitrogens is 2. The van der Waals surface area contributed by atoms with Crippen LogP contribution in [0.1, 0.15) is 28.3 Å². The molecule has 6 rings (SSSR count). The van der Waals surface area contributed by atoms with Gasteiger partial charge in [-0.05, 0) is 84.5 Å². The molecule has 0 aliphatic carbocycles. The van der Waals surface area contributed by atoms with Gasteiger partial charge in [-0.2, -0.15) is 8.42 Å². The van der Waals surface area contributed by atoms with E-state index in [4.69, 9.17) is 4.98 Å². The maximum Gasteiger partial charge on any atom is 0.294 e. The molecule has 9 heteroatoms. The summed E-state index contributed by atoms with van der Waals surface area (Å²) in [5, 5.41) is 0. The number of nitrogens with zero attached hydrogens (tertiary/aromatic N) is 2. The molecule has 1 aromatic carbocycles. The Labute approximate surface area is 213 Å². The van der Waals surface area contributed by atoms with E-state index in [9.17, 15) is 13.0 Å². The summed E-state index contributed by atoms with van der Waals surface area (Å²) < 4.78 is 32.2. The van der Waals surface area contributed by atoms with E-state index >= 15 is 0 Å². The molecule has 0 unspecified atom stereocenters. The van der Waals surface area contributed by atoms with Crippen LogP contribution in [0.15, 0.2) is 77.7 Å². The average molecular weight is 532 g/mol. The number of hydrogen-bond donors (Lipinski definition) is 3. The molecule has 3 N–H and O–H groups in total. The molecular formula is C26H18N4O3SZn. The van der Waals surface area contributed by atoms with E-state index in [0.29, 0.717) is 5.69 Å². The minimum atomic E-state index is -4.26. The Morgan fingerprint density at radius 1 is 0.657 bits per heavy atom. The quantitative estimate of drug-likeness (QED) is 0.207. The van der Waals surface area contributed by atoms with E-state index in [-0.39, 0.29) is 24.4 Å². The Balaban J connectivity index is 0.00000253. The molecule has 3 aromatic heterocycles. The van der Waals surface area contributed by atoms with Crippen molar-refractivity contribution in [3.63, 3.8) is 0 Å². The summed E-state index contributed by atoms with van der Waals surface area (Å²) in [5.74, 6) is 0. The van der Waals surface area contributed by atoms with Crippen LogP contribution in [0.5, 0.6) is 0 Å². The molecule has 35 heavy (non-hydrogen) atoms. The van der Waals surface area contributed by atoms with Crippen molar-refractivity contribution in [2.75, 3.05) is 0 Å². The summed E-state index contributed by atoms with van der Waals surface area (Å²) in [6.07, 6.45) is 5.82. The van der Waals surface area contributed by atoms with Crippen LogP contribution < -0.4 is 0 Å². The van der Waals surface area contributed by atoms with Gasteiger partial charge in [0.1, 0.15) is 0 Å². The van der Waals surface area contributed by atoms with Crippen LogP contribution in [0, 0.1) is 0 Å². The van der Waals surface area contributed by atoms with Crippen molar-refractivity contribution in [3.8, 4) is 0 Å². The second-order valence-corrected chi connectivity index (χ2v) is 9.51. The Morgan fingerprint density at radius 3 is 1.80 bits per heavy atom. The summed E-state index contributed by atoms with van der Waals surface area (Å²) in [6.45, 7) is 0. The van der Waals surface area contributed by atoms with Crippen molar-refractivity contribution in [1.29, 1.82) is 0 Å². The topological polar surface area (TPSA) is 112 Å². The maximum atomic E-state index is 11.4. The average Bonchev–Trinajstić information content (AvgIpc) is 3.58. The predicted octanol–water partition coefficient (Wildman–Crippen LogP) is 5.32. The van der Waals surface area contributed by atoms with Crippen molar-refractivity contribution in [3.05, 3.63) is 101 Å². The Hall–Kier alpha value is -3.65. The van der Waals surface area contributed by atoms with Gasteiger partial charge in [-0.15, -0.1) is 0 Å². The van der Waals surface area contributed by atoms with Gasteiger partial charge in [0, 0.05) is 47.1 Å². The molecule has 0 spiro atoms. The fourth-order valence-corrected chi connectivity index (χ4v) is 4.53.